The van der Waals surface area contributed by atoms with Gasteiger partial charge >= 0.3 is 0 Å². The smallest absolute Gasteiger partial charge is 0.277 e. The summed E-state index contributed by atoms with van der Waals surface area (Å²) in [5.74, 6) is 0.731. The first-order chi connectivity index (χ1) is 11.2. The van der Waals surface area contributed by atoms with E-state index >= 15 is 0 Å². The maximum Gasteiger partial charge on any atom is 0.277 e. The molecule has 0 saturated heterocycles. The Balaban J connectivity index is 1.72. The van der Waals surface area contributed by atoms with Gasteiger partial charge in [-0.2, -0.15) is 4.98 Å². The number of pyridine rings is 1. The Bertz CT molecular complexity index is 1110. The summed E-state index contributed by atoms with van der Waals surface area (Å²) in [4.78, 5) is 29.7. The zero-order chi connectivity index (χ0) is 15.8. The summed E-state index contributed by atoms with van der Waals surface area (Å²) in [5.41, 5.74) is 1.89. The zero-order valence-electron chi connectivity index (χ0n) is 12.1. The molecule has 0 spiro atoms. The molecule has 0 saturated carbocycles. The molecule has 0 aliphatic carbocycles. The summed E-state index contributed by atoms with van der Waals surface area (Å²) in [6.07, 6.45) is 1.74. The van der Waals surface area contributed by atoms with Crippen LogP contribution in [0.4, 0.5) is 11.6 Å². The van der Waals surface area contributed by atoms with Gasteiger partial charge in [0.1, 0.15) is 5.82 Å². The Kier molecular flexibility index (Phi) is 2.94. The van der Waals surface area contributed by atoms with Crippen molar-refractivity contribution in [1.29, 1.82) is 0 Å². The van der Waals surface area contributed by atoms with Crippen molar-refractivity contribution in [2.75, 3.05) is 0 Å². The molecule has 0 amide bonds. The lowest BCUT2D eigenvalue weighted by Gasteiger charge is -1.96. The van der Waals surface area contributed by atoms with E-state index in [2.05, 4.69) is 35.1 Å². The largest absolute Gasteiger partial charge is 0.315 e. The van der Waals surface area contributed by atoms with Crippen LogP contribution in [0.25, 0.3) is 22.1 Å². The van der Waals surface area contributed by atoms with E-state index in [4.69, 9.17) is 0 Å². The Morgan fingerprint density at radius 3 is 2.91 bits per heavy atom. The molecule has 0 fully saturated rings. The fourth-order valence-electron chi connectivity index (χ4n) is 2.28. The van der Waals surface area contributed by atoms with Gasteiger partial charge in [-0.25, -0.2) is 4.98 Å². The van der Waals surface area contributed by atoms with E-state index in [1.165, 1.54) is 0 Å². The van der Waals surface area contributed by atoms with Gasteiger partial charge in [0, 0.05) is 11.6 Å². The monoisotopic (exact) mass is 305 g/mol. The summed E-state index contributed by atoms with van der Waals surface area (Å²) < 4.78 is 0. The molecule has 0 unspecified atom stereocenters. The molecule has 0 radical (unpaired) electrons. The summed E-state index contributed by atoms with van der Waals surface area (Å²) in [7, 11) is 0. The third kappa shape index (κ3) is 2.46. The summed E-state index contributed by atoms with van der Waals surface area (Å²) in [6, 6.07) is 9.38. The number of aryl methyl sites for hydroxylation is 1. The fourth-order valence-corrected chi connectivity index (χ4v) is 2.28. The lowest BCUT2D eigenvalue weighted by molar-refractivity contribution is 1.05. The Hall–Kier alpha value is -3.42. The van der Waals surface area contributed by atoms with Crippen LogP contribution in [0.1, 0.15) is 5.82 Å². The molecule has 112 valence electrons. The van der Waals surface area contributed by atoms with Crippen molar-refractivity contribution in [2.45, 2.75) is 6.92 Å². The summed E-state index contributed by atoms with van der Waals surface area (Å²) in [5, 5.41) is 9.15. The van der Waals surface area contributed by atoms with Crippen molar-refractivity contribution in [1.82, 2.24) is 24.9 Å². The second-order valence-electron chi connectivity index (χ2n) is 4.99. The number of fused-ring (bicyclic) bond motifs is 2. The maximum atomic E-state index is 11.8. The number of imidazole rings is 1. The number of hydrogen-bond donors (Lipinski definition) is 2. The average Bonchev–Trinajstić information content (AvgIpc) is 2.96. The van der Waals surface area contributed by atoms with E-state index in [0.717, 1.165) is 10.9 Å². The quantitative estimate of drug-likeness (QED) is 0.554. The van der Waals surface area contributed by atoms with E-state index in [9.17, 15) is 4.79 Å². The van der Waals surface area contributed by atoms with Gasteiger partial charge in [0.2, 0.25) is 5.95 Å². The van der Waals surface area contributed by atoms with Crippen LogP contribution in [0.2, 0.25) is 0 Å². The minimum absolute atomic E-state index is 0.231. The highest BCUT2D eigenvalue weighted by molar-refractivity contribution is 5.81. The van der Waals surface area contributed by atoms with E-state index in [0.29, 0.717) is 17.2 Å². The number of nitrogens with zero attached hydrogens (tertiary/aromatic N) is 5. The number of benzene rings is 1. The number of azo groups is 1. The predicted molar refractivity (Wildman–Crippen MR) is 85.2 cm³/mol. The highest BCUT2D eigenvalue weighted by atomic mass is 16.1. The number of aromatic nitrogens is 5. The van der Waals surface area contributed by atoms with Crippen LogP contribution in [0.5, 0.6) is 0 Å². The van der Waals surface area contributed by atoms with Crippen molar-refractivity contribution < 1.29 is 0 Å². The van der Waals surface area contributed by atoms with Crippen LogP contribution in [-0.2, 0) is 0 Å². The normalized spacial score (nSPS) is 11.7. The summed E-state index contributed by atoms with van der Waals surface area (Å²) >= 11 is 0. The molecule has 23 heavy (non-hydrogen) atoms. The van der Waals surface area contributed by atoms with Gasteiger partial charge in [0.05, 0.1) is 11.2 Å². The zero-order valence-corrected chi connectivity index (χ0v) is 12.1. The number of H-pyrrole nitrogens is 2. The number of hydrogen-bond acceptors (Lipinski definition) is 6. The van der Waals surface area contributed by atoms with Gasteiger partial charge in [0.25, 0.3) is 5.56 Å². The van der Waals surface area contributed by atoms with Crippen LogP contribution in [0.3, 0.4) is 0 Å². The highest BCUT2D eigenvalue weighted by Crippen LogP contribution is 2.21. The van der Waals surface area contributed by atoms with Crippen molar-refractivity contribution in [3.8, 4) is 0 Å². The third-order valence-corrected chi connectivity index (χ3v) is 3.31. The molecule has 4 rings (SSSR count). The Morgan fingerprint density at radius 2 is 2.00 bits per heavy atom. The number of nitrogens with one attached hydrogen (secondary N) is 2. The molecule has 0 aliphatic rings. The molecule has 0 aliphatic heterocycles. The van der Waals surface area contributed by atoms with Crippen molar-refractivity contribution in [3.63, 3.8) is 0 Å². The van der Waals surface area contributed by atoms with E-state index in [1.807, 2.05) is 30.3 Å². The standard InChI is InChI=1S/C15H11N7O/c1-8-17-13-12(14(23)18-8)19-15(20-13)22-21-10-4-5-11-9(7-10)3-2-6-16-11/h2-7H,1H3,(H2,17,18,19,20,23). The van der Waals surface area contributed by atoms with E-state index in [1.54, 1.807) is 13.1 Å². The molecule has 3 heterocycles. The van der Waals surface area contributed by atoms with Gasteiger partial charge in [-0.15, -0.1) is 10.2 Å². The highest BCUT2D eigenvalue weighted by Gasteiger charge is 2.07. The topological polar surface area (TPSA) is 112 Å². The molecule has 2 N–H and O–H groups in total. The molecular weight excluding hydrogens is 294 g/mol. The van der Waals surface area contributed by atoms with Gasteiger partial charge in [-0.05, 0) is 31.2 Å². The molecular formula is C15H11N7O. The molecule has 1 aromatic carbocycles. The van der Waals surface area contributed by atoms with Gasteiger partial charge < -0.3 is 9.97 Å². The van der Waals surface area contributed by atoms with Crippen LogP contribution in [0, 0.1) is 6.92 Å². The number of aromatic amines is 2. The molecule has 4 aromatic rings. The van der Waals surface area contributed by atoms with Crippen LogP contribution >= 0.6 is 0 Å². The van der Waals surface area contributed by atoms with Crippen LogP contribution in [-0.4, -0.2) is 24.9 Å². The van der Waals surface area contributed by atoms with Crippen LogP contribution < -0.4 is 5.56 Å². The molecule has 0 bridgehead atoms. The predicted octanol–water partition coefficient (Wildman–Crippen LogP) is 2.92. The Labute approximate surface area is 129 Å². The van der Waals surface area contributed by atoms with Crippen molar-refractivity contribution in [3.05, 3.63) is 52.7 Å². The molecule has 0 atom stereocenters. The van der Waals surface area contributed by atoms with Crippen molar-refractivity contribution in [2.24, 2.45) is 10.2 Å². The second kappa shape index (κ2) is 5.09. The molecule has 3 aromatic heterocycles. The van der Waals surface area contributed by atoms with Gasteiger partial charge in [-0.3, -0.25) is 9.78 Å². The first kappa shape index (κ1) is 13.3. The maximum absolute atomic E-state index is 11.8. The van der Waals surface area contributed by atoms with E-state index < -0.39 is 0 Å². The fraction of sp³-hybridized carbons (Fsp3) is 0.0667. The van der Waals surface area contributed by atoms with Crippen LogP contribution in [0.15, 0.2) is 51.6 Å². The number of rotatable bonds is 2. The summed E-state index contributed by atoms with van der Waals surface area (Å²) in [6.45, 7) is 1.69. The lowest BCUT2D eigenvalue weighted by Crippen LogP contribution is -2.09. The SMILES string of the molecule is Cc1nc2nc(N=Nc3ccc4ncccc4c3)[nH]c2c(=O)[nH]1. The minimum Gasteiger partial charge on any atom is -0.315 e. The van der Waals surface area contributed by atoms with E-state index in [-0.39, 0.29) is 17.0 Å². The minimum atomic E-state index is -0.279. The lowest BCUT2D eigenvalue weighted by atomic mass is 10.2. The third-order valence-electron chi connectivity index (χ3n) is 3.31. The van der Waals surface area contributed by atoms with Crippen molar-refractivity contribution >= 4 is 33.7 Å². The second-order valence-corrected chi connectivity index (χ2v) is 4.99. The van der Waals surface area contributed by atoms with Gasteiger partial charge in [0.15, 0.2) is 11.2 Å². The first-order valence-corrected chi connectivity index (χ1v) is 6.92. The first-order valence-electron chi connectivity index (χ1n) is 6.92. The average molecular weight is 305 g/mol. The molecule has 8 heteroatoms. The Morgan fingerprint density at radius 1 is 1.09 bits per heavy atom. The van der Waals surface area contributed by atoms with Gasteiger partial charge in [-0.1, -0.05) is 6.07 Å². The molecule has 8 nitrogen and oxygen atoms in total.